The van der Waals surface area contributed by atoms with Gasteiger partial charge in [0.15, 0.2) is 17.5 Å². The third-order valence-corrected chi connectivity index (χ3v) is 4.16. The summed E-state index contributed by atoms with van der Waals surface area (Å²) in [6.45, 7) is 4.93. The van der Waals surface area contributed by atoms with E-state index in [9.17, 15) is 9.18 Å². The minimum atomic E-state index is -0.466. The molecule has 1 aliphatic heterocycles. The van der Waals surface area contributed by atoms with Gasteiger partial charge in [-0.1, -0.05) is 6.92 Å². The Morgan fingerprint density at radius 2 is 2.17 bits per heavy atom. The average molecular weight is 317 g/mol. The molecule has 0 radical (unpaired) electrons. The number of pyridine rings is 1. The first kappa shape index (κ1) is 15.5. The lowest BCUT2D eigenvalue weighted by Crippen LogP contribution is -2.47. The Labute approximate surface area is 134 Å². The number of nitrogens with one attached hydrogen (secondary N) is 1. The van der Waals surface area contributed by atoms with Crippen molar-refractivity contribution in [1.29, 1.82) is 0 Å². The van der Waals surface area contributed by atoms with Crippen molar-refractivity contribution < 1.29 is 9.18 Å². The first-order valence-corrected chi connectivity index (χ1v) is 7.79. The number of piperidine rings is 1. The van der Waals surface area contributed by atoms with Crippen LogP contribution in [0, 0.1) is 11.7 Å². The molecule has 122 valence electrons. The van der Waals surface area contributed by atoms with Gasteiger partial charge in [0.1, 0.15) is 0 Å². The zero-order chi connectivity index (χ0) is 16.4. The first-order valence-electron chi connectivity index (χ1n) is 7.79. The lowest BCUT2D eigenvalue weighted by molar-refractivity contribution is 0.147. The van der Waals surface area contributed by atoms with Crippen molar-refractivity contribution in [3.8, 4) is 5.82 Å². The summed E-state index contributed by atoms with van der Waals surface area (Å²) >= 11 is 0. The summed E-state index contributed by atoms with van der Waals surface area (Å²) < 4.78 is 15.0. The van der Waals surface area contributed by atoms with Gasteiger partial charge in [-0.3, -0.25) is 5.32 Å². The normalized spacial score (nSPS) is 21.3. The third kappa shape index (κ3) is 3.33. The highest BCUT2D eigenvalue weighted by atomic mass is 19.1. The Balaban J connectivity index is 1.72. The molecular formula is C16H20FN5O. The van der Waals surface area contributed by atoms with Crippen LogP contribution in [0.5, 0.6) is 0 Å². The molecule has 7 heteroatoms. The fourth-order valence-electron chi connectivity index (χ4n) is 2.81. The van der Waals surface area contributed by atoms with Crippen LogP contribution in [0.1, 0.15) is 26.7 Å². The molecule has 3 rings (SSSR count). The van der Waals surface area contributed by atoms with Crippen molar-refractivity contribution in [3.05, 3.63) is 36.4 Å². The van der Waals surface area contributed by atoms with Gasteiger partial charge in [0.25, 0.3) is 0 Å². The zero-order valence-electron chi connectivity index (χ0n) is 13.2. The smallest absolute Gasteiger partial charge is 0.322 e. The number of rotatable bonds is 2. The van der Waals surface area contributed by atoms with Crippen LogP contribution in [0.3, 0.4) is 0 Å². The maximum Gasteiger partial charge on any atom is 0.323 e. The van der Waals surface area contributed by atoms with Gasteiger partial charge in [0.05, 0.1) is 0 Å². The molecule has 1 saturated heterocycles. The summed E-state index contributed by atoms with van der Waals surface area (Å²) in [6.07, 6.45) is 5.21. The number of hydrogen-bond acceptors (Lipinski definition) is 3. The Morgan fingerprint density at radius 1 is 1.35 bits per heavy atom. The number of halogens is 1. The van der Waals surface area contributed by atoms with Crippen molar-refractivity contribution >= 4 is 11.8 Å². The highest BCUT2D eigenvalue weighted by molar-refractivity contribution is 5.88. The predicted molar refractivity (Wildman–Crippen MR) is 84.9 cm³/mol. The summed E-state index contributed by atoms with van der Waals surface area (Å²) in [6, 6.07) is 4.50. The highest BCUT2D eigenvalue weighted by Crippen LogP contribution is 2.22. The fourth-order valence-corrected chi connectivity index (χ4v) is 2.81. The highest BCUT2D eigenvalue weighted by Gasteiger charge is 2.27. The van der Waals surface area contributed by atoms with Crippen molar-refractivity contribution in [2.75, 3.05) is 11.9 Å². The van der Waals surface area contributed by atoms with Crippen LogP contribution in [0.15, 0.2) is 30.6 Å². The molecule has 2 atom stereocenters. The monoisotopic (exact) mass is 317 g/mol. The molecule has 0 bridgehead atoms. The molecule has 23 heavy (non-hydrogen) atoms. The summed E-state index contributed by atoms with van der Waals surface area (Å²) in [5, 5.41) is 6.95. The Bertz CT molecular complexity index is 701. The van der Waals surface area contributed by atoms with Crippen LogP contribution in [0.25, 0.3) is 5.82 Å². The molecule has 3 heterocycles. The van der Waals surface area contributed by atoms with Crippen molar-refractivity contribution in [3.63, 3.8) is 0 Å². The van der Waals surface area contributed by atoms with Crippen LogP contribution >= 0.6 is 0 Å². The molecule has 2 aromatic rings. The number of carbonyl (C=O) groups is 1. The molecule has 6 nitrogen and oxygen atoms in total. The Morgan fingerprint density at radius 3 is 2.96 bits per heavy atom. The van der Waals surface area contributed by atoms with Crippen LogP contribution in [-0.4, -0.2) is 38.3 Å². The van der Waals surface area contributed by atoms with E-state index >= 15 is 0 Å². The molecule has 1 N–H and O–H groups in total. The Kier molecular flexibility index (Phi) is 4.27. The van der Waals surface area contributed by atoms with Gasteiger partial charge in [-0.15, -0.1) is 5.10 Å². The lowest BCUT2D eigenvalue weighted by atomic mass is 9.95. The number of hydrogen-bond donors (Lipinski definition) is 1. The summed E-state index contributed by atoms with van der Waals surface area (Å²) in [5.74, 6) is 0.516. The number of urea groups is 1. The van der Waals surface area contributed by atoms with Crippen LogP contribution in [0.2, 0.25) is 0 Å². The molecular weight excluding hydrogens is 297 g/mol. The molecule has 0 saturated carbocycles. The largest absolute Gasteiger partial charge is 0.323 e. The minimum Gasteiger partial charge on any atom is -0.322 e. The molecule has 0 spiro atoms. The topological polar surface area (TPSA) is 63.1 Å². The maximum absolute atomic E-state index is 13.7. The summed E-state index contributed by atoms with van der Waals surface area (Å²) in [5.41, 5.74) is 0. The first-order chi connectivity index (χ1) is 11.0. The van der Waals surface area contributed by atoms with Gasteiger partial charge in [0.2, 0.25) is 0 Å². The lowest BCUT2D eigenvalue weighted by Gasteiger charge is -2.36. The van der Waals surface area contributed by atoms with Crippen LogP contribution in [0.4, 0.5) is 15.0 Å². The van der Waals surface area contributed by atoms with Gasteiger partial charge < -0.3 is 4.90 Å². The van der Waals surface area contributed by atoms with E-state index in [0.29, 0.717) is 11.7 Å². The van der Waals surface area contributed by atoms with E-state index in [4.69, 9.17) is 0 Å². The second-order valence-electron chi connectivity index (χ2n) is 6.07. The Hall–Kier alpha value is -2.44. The number of carbonyl (C=O) groups excluding carboxylic acids is 1. The molecule has 1 aliphatic rings. The van der Waals surface area contributed by atoms with E-state index < -0.39 is 5.82 Å². The number of likely N-dealkylation sites (tertiary alicyclic amines) is 1. The number of amides is 2. The number of anilines is 1. The van der Waals surface area contributed by atoms with Gasteiger partial charge in [-0.2, -0.15) is 0 Å². The van der Waals surface area contributed by atoms with Crippen molar-refractivity contribution in [2.45, 2.75) is 32.7 Å². The van der Waals surface area contributed by atoms with E-state index in [1.54, 1.807) is 12.3 Å². The minimum absolute atomic E-state index is 0.105. The van der Waals surface area contributed by atoms with Crippen LogP contribution in [-0.2, 0) is 0 Å². The zero-order valence-corrected chi connectivity index (χ0v) is 13.2. The molecule has 2 aromatic heterocycles. The average Bonchev–Trinajstić information content (AvgIpc) is 2.98. The second-order valence-corrected chi connectivity index (χ2v) is 6.07. The predicted octanol–water partition coefficient (Wildman–Crippen LogP) is 3.06. The molecule has 2 unspecified atom stereocenters. The molecule has 0 aromatic carbocycles. The fraction of sp³-hybridized carbons (Fsp3) is 0.438. The van der Waals surface area contributed by atoms with Crippen LogP contribution < -0.4 is 5.32 Å². The van der Waals surface area contributed by atoms with Gasteiger partial charge in [-0.25, -0.2) is 18.9 Å². The standard InChI is InChI=1S/C16H20FN5O/c1-11-5-6-12(2)21(10-11)16(23)19-14-7-9-22(20-14)15-13(17)4-3-8-18-15/h3-4,7-9,11-12H,5-6,10H2,1-2H3,(H,19,20,23). The van der Waals surface area contributed by atoms with Gasteiger partial charge in [0, 0.05) is 31.0 Å². The number of nitrogens with zero attached hydrogens (tertiary/aromatic N) is 4. The van der Waals surface area contributed by atoms with E-state index in [0.717, 1.165) is 19.4 Å². The van der Waals surface area contributed by atoms with Gasteiger partial charge >= 0.3 is 6.03 Å². The van der Waals surface area contributed by atoms with E-state index in [2.05, 4.69) is 22.3 Å². The van der Waals surface area contributed by atoms with Crippen molar-refractivity contribution in [2.24, 2.45) is 5.92 Å². The molecule has 0 aliphatic carbocycles. The molecule has 2 amide bonds. The summed E-state index contributed by atoms with van der Waals surface area (Å²) in [4.78, 5) is 18.2. The SMILES string of the molecule is CC1CCC(C)N(C(=O)Nc2ccn(-c3ncccc3F)n2)C1. The van der Waals surface area contributed by atoms with Gasteiger partial charge in [-0.05, 0) is 37.8 Å². The van der Waals surface area contributed by atoms with E-state index in [1.165, 1.54) is 23.0 Å². The second kappa shape index (κ2) is 6.36. The summed E-state index contributed by atoms with van der Waals surface area (Å²) in [7, 11) is 0. The maximum atomic E-state index is 13.7. The van der Waals surface area contributed by atoms with Crippen molar-refractivity contribution in [1.82, 2.24) is 19.7 Å². The third-order valence-electron chi connectivity index (χ3n) is 4.16. The quantitative estimate of drug-likeness (QED) is 0.926. The van der Waals surface area contributed by atoms with E-state index in [-0.39, 0.29) is 17.9 Å². The number of aromatic nitrogens is 3. The molecule has 1 fully saturated rings. The van der Waals surface area contributed by atoms with E-state index in [1.807, 2.05) is 11.8 Å².